The van der Waals surface area contributed by atoms with E-state index < -0.39 is 5.82 Å². The van der Waals surface area contributed by atoms with Crippen molar-refractivity contribution in [3.63, 3.8) is 0 Å². The Morgan fingerprint density at radius 1 is 1.00 bits per heavy atom. The SMILES string of the molecule is CC(=O)N1CCOCC1.CCC(C)C.CCc1cccc2cccc(-c3ncc4c(N5CC6CCC(C5)N6)nc(OCC56CCCN5CCC6)nc4c3F)c12. The van der Waals surface area contributed by atoms with E-state index in [2.05, 4.69) is 67.1 Å². The van der Waals surface area contributed by atoms with Crippen LogP contribution in [0.2, 0.25) is 0 Å². The van der Waals surface area contributed by atoms with Crippen LogP contribution in [-0.2, 0) is 16.0 Å². The summed E-state index contributed by atoms with van der Waals surface area (Å²) in [6.07, 6.45) is 10.9. The molecule has 1 amide bonds. The van der Waals surface area contributed by atoms with Crippen LogP contribution >= 0.6 is 0 Å². The van der Waals surface area contributed by atoms with Crippen LogP contribution in [0.25, 0.3) is 32.9 Å². The lowest BCUT2D eigenvalue weighted by Gasteiger charge is -2.34. The van der Waals surface area contributed by atoms with Crippen molar-refractivity contribution in [2.24, 2.45) is 5.92 Å². The van der Waals surface area contributed by atoms with E-state index in [0.29, 0.717) is 48.5 Å². The maximum atomic E-state index is 16.7. The molecule has 2 atom stereocenters. The van der Waals surface area contributed by atoms with Gasteiger partial charge in [0.1, 0.15) is 23.6 Å². The number of pyridine rings is 1. The number of morpholine rings is 1. The number of hydrogen-bond acceptors (Lipinski definition) is 9. The molecule has 5 aliphatic rings. The van der Waals surface area contributed by atoms with Crippen molar-refractivity contribution < 1.29 is 18.7 Å². The van der Waals surface area contributed by atoms with E-state index in [0.717, 1.165) is 99.4 Å². The number of ether oxygens (including phenoxy) is 2. The molecule has 2 bridgehead atoms. The Kier molecular flexibility index (Phi) is 12.5. The number of hydrogen-bond donors (Lipinski definition) is 1. The molecule has 2 unspecified atom stereocenters. The van der Waals surface area contributed by atoms with Crippen molar-refractivity contribution in [3.8, 4) is 17.3 Å². The Hall–Kier alpha value is -3.93. The molecule has 4 aromatic rings. The van der Waals surface area contributed by atoms with Crippen LogP contribution in [0, 0.1) is 11.7 Å². The lowest BCUT2D eigenvalue weighted by molar-refractivity contribution is -0.132. The van der Waals surface area contributed by atoms with Gasteiger partial charge < -0.3 is 24.6 Å². The van der Waals surface area contributed by atoms with Gasteiger partial charge in [-0.2, -0.15) is 9.97 Å². The minimum atomic E-state index is -0.408. The molecule has 10 nitrogen and oxygen atoms in total. The largest absolute Gasteiger partial charge is 0.461 e. The number of benzene rings is 2. The van der Waals surface area contributed by atoms with E-state index in [1.165, 1.54) is 24.8 Å². The van der Waals surface area contributed by atoms with E-state index in [1.54, 1.807) is 18.0 Å². The van der Waals surface area contributed by atoms with Gasteiger partial charge >= 0.3 is 6.01 Å². The molecule has 11 heteroatoms. The third-order valence-electron chi connectivity index (χ3n) is 12.3. The highest BCUT2D eigenvalue weighted by molar-refractivity contribution is 6.00. The number of halogens is 1. The number of nitrogens with zero attached hydrogens (tertiary/aromatic N) is 6. The summed E-state index contributed by atoms with van der Waals surface area (Å²) in [4.78, 5) is 31.8. The Balaban J connectivity index is 0.000000282. The molecule has 7 heterocycles. The molecular weight excluding hydrogens is 694 g/mol. The summed E-state index contributed by atoms with van der Waals surface area (Å²) >= 11 is 0. The van der Waals surface area contributed by atoms with Crippen molar-refractivity contribution >= 4 is 33.4 Å². The molecule has 0 spiro atoms. The van der Waals surface area contributed by atoms with Crippen molar-refractivity contribution in [1.29, 1.82) is 0 Å². The fraction of sp³-hybridized carbons (Fsp3) is 0.591. The minimum Gasteiger partial charge on any atom is -0.461 e. The van der Waals surface area contributed by atoms with Crippen LogP contribution in [0.4, 0.5) is 10.2 Å². The van der Waals surface area contributed by atoms with Crippen LogP contribution in [0.3, 0.4) is 0 Å². The second kappa shape index (κ2) is 17.5. The summed E-state index contributed by atoms with van der Waals surface area (Å²) in [5, 5.41) is 6.49. The molecule has 1 N–H and O–H groups in total. The maximum absolute atomic E-state index is 16.7. The molecule has 5 aliphatic heterocycles. The summed E-state index contributed by atoms with van der Waals surface area (Å²) < 4.78 is 28.2. The Labute approximate surface area is 326 Å². The molecule has 55 heavy (non-hydrogen) atoms. The van der Waals surface area contributed by atoms with Gasteiger partial charge in [-0.05, 0) is 80.3 Å². The normalized spacial score (nSPS) is 21.7. The molecule has 0 saturated carbocycles. The summed E-state index contributed by atoms with van der Waals surface area (Å²) in [5.74, 6) is 1.36. The first kappa shape index (κ1) is 39.3. The molecular formula is C44H60FN7O3. The van der Waals surface area contributed by atoms with Gasteiger partial charge in [0.15, 0.2) is 5.82 Å². The first-order chi connectivity index (χ1) is 26.7. The van der Waals surface area contributed by atoms with Gasteiger partial charge in [0.2, 0.25) is 5.91 Å². The predicted octanol–water partition coefficient (Wildman–Crippen LogP) is 7.41. The minimum absolute atomic E-state index is 0.0636. The molecule has 2 aromatic carbocycles. The summed E-state index contributed by atoms with van der Waals surface area (Å²) in [6, 6.07) is 13.4. The first-order valence-electron chi connectivity index (χ1n) is 20.8. The second-order valence-corrected chi connectivity index (χ2v) is 16.4. The Bertz CT molecular complexity index is 1920. The molecule has 9 rings (SSSR count). The van der Waals surface area contributed by atoms with Crippen LogP contribution in [0.15, 0.2) is 42.6 Å². The maximum Gasteiger partial charge on any atom is 0.319 e. The average Bonchev–Trinajstić information content (AvgIpc) is 3.90. The lowest BCUT2D eigenvalue weighted by atomic mass is 9.95. The van der Waals surface area contributed by atoms with Gasteiger partial charge in [-0.3, -0.25) is 14.7 Å². The van der Waals surface area contributed by atoms with Crippen LogP contribution in [0.5, 0.6) is 6.01 Å². The number of aromatic nitrogens is 3. The number of fused-ring (bicyclic) bond motifs is 5. The number of amides is 1. The summed E-state index contributed by atoms with van der Waals surface area (Å²) in [5.41, 5.74) is 2.66. The third kappa shape index (κ3) is 8.59. The monoisotopic (exact) mass is 753 g/mol. The molecule has 5 fully saturated rings. The molecule has 0 radical (unpaired) electrons. The van der Waals surface area contributed by atoms with Crippen molar-refractivity contribution in [2.75, 3.05) is 64.0 Å². The van der Waals surface area contributed by atoms with E-state index in [1.807, 2.05) is 12.1 Å². The lowest BCUT2D eigenvalue weighted by Crippen LogP contribution is -2.51. The van der Waals surface area contributed by atoms with Gasteiger partial charge in [-0.25, -0.2) is 4.39 Å². The third-order valence-corrected chi connectivity index (χ3v) is 12.3. The zero-order valence-corrected chi connectivity index (χ0v) is 33.6. The number of carbonyl (C=O) groups is 1. The first-order valence-corrected chi connectivity index (χ1v) is 20.8. The van der Waals surface area contributed by atoms with Gasteiger partial charge in [0, 0.05) is 56.9 Å². The van der Waals surface area contributed by atoms with E-state index in [4.69, 9.17) is 24.4 Å². The average molecular weight is 754 g/mol. The Morgan fingerprint density at radius 2 is 1.67 bits per heavy atom. The highest BCUT2D eigenvalue weighted by Gasteiger charge is 2.45. The Morgan fingerprint density at radius 3 is 2.29 bits per heavy atom. The van der Waals surface area contributed by atoms with Gasteiger partial charge in [-0.1, -0.05) is 70.5 Å². The number of rotatable bonds is 7. The fourth-order valence-electron chi connectivity index (χ4n) is 8.93. The van der Waals surface area contributed by atoms with Gasteiger partial charge in [0.25, 0.3) is 0 Å². The van der Waals surface area contributed by atoms with Gasteiger partial charge in [-0.15, -0.1) is 0 Å². The van der Waals surface area contributed by atoms with Crippen molar-refractivity contribution in [2.45, 2.75) is 104 Å². The molecule has 5 saturated heterocycles. The number of anilines is 1. The van der Waals surface area contributed by atoms with Crippen LogP contribution in [0.1, 0.15) is 85.1 Å². The zero-order chi connectivity index (χ0) is 38.5. The summed E-state index contributed by atoms with van der Waals surface area (Å²) in [7, 11) is 0. The van der Waals surface area contributed by atoms with Gasteiger partial charge in [0.05, 0.1) is 24.1 Å². The highest BCUT2D eigenvalue weighted by Crippen LogP contribution is 2.40. The molecule has 296 valence electrons. The standard InChI is InChI=1S/C33H37FN6O.C6H11NO2.C5H12/c1-2-21-7-3-8-22-9-4-10-25(27(21)22)29-28(34)30-26(17-35-29)31(39-18-23-11-12-24(19-39)36-23)38-32(37-30)41-20-33-13-5-15-40(33)16-6-14-33;1-6(8)7-2-4-9-5-3-7;1-4-5(2)3/h3-4,7-10,17,23-24,36H,2,5-6,11-16,18-20H2,1H3;2-5H2,1H3;5H,4H2,1-3H3. The second-order valence-electron chi connectivity index (χ2n) is 16.4. The smallest absolute Gasteiger partial charge is 0.319 e. The number of carbonyl (C=O) groups excluding carboxylic acids is 1. The number of piperazine rings is 1. The predicted molar refractivity (Wildman–Crippen MR) is 218 cm³/mol. The zero-order valence-electron chi connectivity index (χ0n) is 33.6. The van der Waals surface area contributed by atoms with Crippen LogP contribution in [-0.4, -0.2) is 107 Å². The topological polar surface area (TPSA) is 96.0 Å². The van der Waals surface area contributed by atoms with Crippen molar-refractivity contribution in [1.82, 2.24) is 30.1 Å². The number of aryl methyl sites for hydroxylation is 1. The quantitative estimate of drug-likeness (QED) is 0.207. The number of nitrogens with one attached hydrogen (secondary N) is 1. The van der Waals surface area contributed by atoms with Crippen molar-refractivity contribution in [3.05, 3.63) is 54.0 Å². The molecule has 2 aromatic heterocycles. The fourth-order valence-corrected chi connectivity index (χ4v) is 8.93. The van der Waals surface area contributed by atoms with Crippen LogP contribution < -0.4 is 15.0 Å². The summed E-state index contributed by atoms with van der Waals surface area (Å²) in [6.45, 7) is 17.8. The van der Waals surface area contributed by atoms with E-state index in [-0.39, 0.29) is 17.5 Å². The molecule has 0 aliphatic carbocycles. The van der Waals surface area contributed by atoms with E-state index in [9.17, 15) is 4.79 Å². The van der Waals surface area contributed by atoms with E-state index >= 15 is 4.39 Å². The highest BCUT2D eigenvalue weighted by atomic mass is 19.1.